The maximum absolute atomic E-state index is 12.7. The van der Waals surface area contributed by atoms with Crippen molar-refractivity contribution in [1.29, 1.82) is 0 Å². The van der Waals surface area contributed by atoms with Gasteiger partial charge in [-0.25, -0.2) is 18.1 Å². The topological polar surface area (TPSA) is 68.3 Å². The van der Waals surface area contributed by atoms with Gasteiger partial charge in [-0.15, -0.1) is 0 Å². The number of hydrogen-bond acceptors (Lipinski definition) is 4. The van der Waals surface area contributed by atoms with Crippen LogP contribution in [-0.2, 0) is 10.0 Å². The van der Waals surface area contributed by atoms with Crippen LogP contribution in [-0.4, -0.2) is 25.5 Å². The second-order valence-corrected chi connectivity index (χ2v) is 8.91. The first-order valence-electron chi connectivity index (χ1n) is 8.41. The summed E-state index contributed by atoms with van der Waals surface area (Å²) in [4.78, 5) is 4.22. The zero-order chi connectivity index (χ0) is 18.7. The Bertz CT molecular complexity index is 868. The third-order valence-electron chi connectivity index (χ3n) is 4.42. The van der Waals surface area contributed by atoms with Gasteiger partial charge in [-0.2, -0.15) is 0 Å². The zero-order valence-electron chi connectivity index (χ0n) is 14.3. The second kappa shape index (κ2) is 8.13. The van der Waals surface area contributed by atoms with Crippen molar-refractivity contribution in [2.24, 2.45) is 0 Å². The molecular weight excluding hydrogens is 395 g/mol. The van der Waals surface area contributed by atoms with Crippen LogP contribution < -0.4 is 9.46 Å². The van der Waals surface area contributed by atoms with Gasteiger partial charge in [-0.1, -0.05) is 29.3 Å². The van der Waals surface area contributed by atoms with Crippen LogP contribution in [0.2, 0.25) is 10.0 Å². The van der Waals surface area contributed by atoms with E-state index in [1.54, 1.807) is 13.1 Å². The third-order valence-corrected chi connectivity index (χ3v) is 6.82. The van der Waals surface area contributed by atoms with Crippen molar-refractivity contribution in [3.8, 4) is 5.88 Å². The first kappa shape index (κ1) is 19.4. The number of nitrogens with one attached hydrogen (secondary N) is 1. The highest BCUT2D eigenvalue weighted by molar-refractivity contribution is 7.89. The molecule has 1 N–H and O–H groups in total. The van der Waals surface area contributed by atoms with Gasteiger partial charge in [0.2, 0.25) is 15.9 Å². The number of pyridine rings is 1. The molecule has 0 amide bonds. The molecular formula is C18H20Cl2N2O3S. The molecule has 26 heavy (non-hydrogen) atoms. The monoisotopic (exact) mass is 414 g/mol. The predicted molar refractivity (Wildman–Crippen MR) is 102 cm³/mol. The van der Waals surface area contributed by atoms with Crippen LogP contribution in [0.25, 0.3) is 0 Å². The van der Waals surface area contributed by atoms with Crippen molar-refractivity contribution in [1.82, 2.24) is 9.71 Å². The molecule has 0 bridgehead atoms. The SMILES string of the molecule is Cc1cc(S(=O)(=O)NC2CCC(Oc3ccccn3)CC2)c(Cl)cc1Cl. The Morgan fingerprint density at radius 2 is 1.85 bits per heavy atom. The highest BCUT2D eigenvalue weighted by atomic mass is 35.5. The van der Waals surface area contributed by atoms with Gasteiger partial charge in [0, 0.05) is 23.3 Å². The van der Waals surface area contributed by atoms with Gasteiger partial charge in [0.05, 0.1) is 5.02 Å². The van der Waals surface area contributed by atoms with Gasteiger partial charge in [0.1, 0.15) is 11.0 Å². The summed E-state index contributed by atoms with van der Waals surface area (Å²) in [5.74, 6) is 0.597. The number of rotatable bonds is 5. The molecule has 1 aliphatic rings. The minimum Gasteiger partial charge on any atom is -0.474 e. The molecule has 1 aromatic carbocycles. The molecule has 140 valence electrons. The summed E-state index contributed by atoms with van der Waals surface area (Å²) in [6, 6.07) is 8.35. The van der Waals surface area contributed by atoms with Crippen LogP contribution in [0, 0.1) is 6.92 Å². The molecule has 1 heterocycles. The molecule has 5 nitrogen and oxygen atoms in total. The number of aryl methyl sites for hydroxylation is 1. The maximum atomic E-state index is 12.7. The smallest absolute Gasteiger partial charge is 0.242 e. The Balaban J connectivity index is 1.61. The lowest BCUT2D eigenvalue weighted by molar-refractivity contribution is 0.138. The van der Waals surface area contributed by atoms with E-state index in [0.29, 0.717) is 29.3 Å². The van der Waals surface area contributed by atoms with Crippen molar-refractivity contribution in [2.75, 3.05) is 0 Å². The molecule has 0 radical (unpaired) electrons. The zero-order valence-corrected chi connectivity index (χ0v) is 16.6. The molecule has 3 rings (SSSR count). The largest absolute Gasteiger partial charge is 0.474 e. The standard InChI is InChI=1S/C18H20Cl2N2O3S/c1-12-10-17(16(20)11-15(12)19)26(23,24)22-13-5-7-14(8-6-13)25-18-4-2-3-9-21-18/h2-4,9-11,13-14,22H,5-8H2,1H3. The molecule has 2 aromatic rings. The van der Waals surface area contributed by atoms with Gasteiger partial charge >= 0.3 is 0 Å². The molecule has 0 spiro atoms. The van der Waals surface area contributed by atoms with Gasteiger partial charge in [-0.05, 0) is 56.4 Å². The molecule has 8 heteroatoms. The minimum atomic E-state index is -3.70. The summed E-state index contributed by atoms with van der Waals surface area (Å²) in [5, 5.41) is 0.571. The van der Waals surface area contributed by atoms with Crippen LogP contribution in [0.4, 0.5) is 0 Å². The van der Waals surface area contributed by atoms with Crippen LogP contribution in [0.1, 0.15) is 31.2 Å². The van der Waals surface area contributed by atoms with E-state index >= 15 is 0 Å². The van der Waals surface area contributed by atoms with E-state index in [9.17, 15) is 8.42 Å². The lowest BCUT2D eigenvalue weighted by atomic mass is 9.94. The summed E-state index contributed by atoms with van der Waals surface area (Å²) < 4.78 is 34.0. The highest BCUT2D eigenvalue weighted by Crippen LogP contribution is 2.29. The quantitative estimate of drug-likeness (QED) is 0.788. The number of ether oxygens (including phenoxy) is 1. The molecule has 0 aliphatic heterocycles. The Morgan fingerprint density at radius 1 is 1.12 bits per heavy atom. The fourth-order valence-electron chi connectivity index (χ4n) is 3.01. The number of halogens is 2. The van der Waals surface area contributed by atoms with E-state index in [0.717, 1.165) is 12.8 Å². The molecule has 1 aliphatic carbocycles. The Kier molecular flexibility index (Phi) is 6.07. The molecule has 0 unspecified atom stereocenters. The Labute approximate surface area is 163 Å². The maximum Gasteiger partial charge on any atom is 0.242 e. The Hall–Kier alpha value is -1.34. The van der Waals surface area contributed by atoms with Crippen molar-refractivity contribution in [3.63, 3.8) is 0 Å². The van der Waals surface area contributed by atoms with Crippen LogP contribution in [0.3, 0.4) is 0 Å². The van der Waals surface area contributed by atoms with Crippen molar-refractivity contribution < 1.29 is 13.2 Å². The van der Waals surface area contributed by atoms with Crippen molar-refractivity contribution >= 4 is 33.2 Å². The van der Waals surface area contributed by atoms with Gasteiger partial charge in [0.15, 0.2) is 0 Å². The number of aromatic nitrogens is 1. The summed E-state index contributed by atoms with van der Waals surface area (Å²) >= 11 is 12.1. The molecule has 1 aromatic heterocycles. The van der Waals surface area contributed by atoms with E-state index in [-0.39, 0.29) is 22.1 Å². The summed E-state index contributed by atoms with van der Waals surface area (Å²) in [5.41, 5.74) is 0.670. The number of nitrogens with zero attached hydrogens (tertiary/aromatic N) is 1. The average Bonchev–Trinajstić information content (AvgIpc) is 2.60. The van der Waals surface area contributed by atoms with E-state index in [2.05, 4.69) is 9.71 Å². The molecule has 1 fully saturated rings. The fraction of sp³-hybridized carbons (Fsp3) is 0.389. The van der Waals surface area contributed by atoms with E-state index < -0.39 is 10.0 Å². The predicted octanol–water partition coefficient (Wildman–Crippen LogP) is 4.37. The minimum absolute atomic E-state index is 0.0482. The Morgan fingerprint density at radius 3 is 2.50 bits per heavy atom. The first-order valence-corrected chi connectivity index (χ1v) is 10.6. The fourth-order valence-corrected chi connectivity index (χ4v) is 5.14. The first-order chi connectivity index (χ1) is 12.3. The molecule has 1 saturated carbocycles. The van der Waals surface area contributed by atoms with Crippen LogP contribution >= 0.6 is 23.2 Å². The number of benzene rings is 1. The summed E-state index contributed by atoms with van der Waals surface area (Å²) in [7, 11) is -3.70. The summed E-state index contributed by atoms with van der Waals surface area (Å²) in [6.45, 7) is 1.75. The van der Waals surface area contributed by atoms with Crippen molar-refractivity contribution in [2.45, 2.75) is 49.6 Å². The third kappa shape index (κ3) is 4.68. The normalized spacial score (nSPS) is 20.7. The molecule has 0 saturated heterocycles. The average molecular weight is 415 g/mol. The molecule has 0 atom stereocenters. The van der Waals surface area contributed by atoms with E-state index in [4.69, 9.17) is 27.9 Å². The second-order valence-electron chi connectivity index (χ2n) is 6.41. The lowest BCUT2D eigenvalue weighted by Gasteiger charge is -2.29. The number of sulfonamides is 1. The van der Waals surface area contributed by atoms with Gasteiger partial charge in [0.25, 0.3) is 0 Å². The van der Waals surface area contributed by atoms with Crippen molar-refractivity contribution in [3.05, 3.63) is 52.1 Å². The van der Waals surface area contributed by atoms with Gasteiger partial charge in [-0.3, -0.25) is 0 Å². The lowest BCUT2D eigenvalue weighted by Crippen LogP contribution is -2.39. The van der Waals surface area contributed by atoms with E-state index in [1.165, 1.54) is 12.1 Å². The highest BCUT2D eigenvalue weighted by Gasteiger charge is 2.28. The van der Waals surface area contributed by atoms with Gasteiger partial charge < -0.3 is 4.74 Å². The number of hydrogen-bond donors (Lipinski definition) is 1. The van der Waals surface area contributed by atoms with Crippen LogP contribution in [0.5, 0.6) is 5.88 Å². The van der Waals surface area contributed by atoms with E-state index in [1.807, 2.05) is 18.2 Å². The summed E-state index contributed by atoms with van der Waals surface area (Å²) in [6.07, 6.45) is 4.65. The van der Waals surface area contributed by atoms with Crippen LogP contribution in [0.15, 0.2) is 41.4 Å².